The highest BCUT2D eigenvalue weighted by atomic mass is 16.1. The summed E-state index contributed by atoms with van der Waals surface area (Å²) in [6, 6.07) is 21.7. The van der Waals surface area contributed by atoms with Gasteiger partial charge in [-0.2, -0.15) is 0 Å². The molecule has 1 aromatic heterocycles. The maximum Gasteiger partial charge on any atom is 0.228 e. The Balaban J connectivity index is 1.57. The highest BCUT2D eigenvalue weighted by molar-refractivity contribution is 5.92. The first kappa shape index (κ1) is 17.7. The molecule has 26 heavy (non-hydrogen) atoms. The standard InChI is InChI=1S/C22H23N3O/c1-16(2)18-8-10-19(11-9-18)24-21-13-12-20(15-23-21)25-22(26)14-17-6-4-3-5-7-17/h3-13,15-16H,14H2,1-2H3,(H,23,24)(H,25,26). The molecule has 1 amide bonds. The smallest absolute Gasteiger partial charge is 0.228 e. The van der Waals surface area contributed by atoms with E-state index in [1.54, 1.807) is 6.20 Å². The fraction of sp³-hybridized carbons (Fsp3) is 0.182. The Hall–Kier alpha value is -3.14. The van der Waals surface area contributed by atoms with Crippen LogP contribution in [0.15, 0.2) is 72.9 Å². The lowest BCUT2D eigenvalue weighted by Gasteiger charge is -2.10. The van der Waals surface area contributed by atoms with Crippen molar-refractivity contribution in [1.29, 1.82) is 0 Å². The van der Waals surface area contributed by atoms with Gasteiger partial charge in [-0.05, 0) is 41.3 Å². The molecule has 0 fully saturated rings. The number of carbonyl (C=O) groups excluding carboxylic acids is 1. The molecule has 0 atom stereocenters. The second kappa shape index (κ2) is 8.30. The first-order chi connectivity index (χ1) is 12.6. The lowest BCUT2D eigenvalue weighted by atomic mass is 10.0. The van der Waals surface area contributed by atoms with Gasteiger partial charge in [-0.3, -0.25) is 4.79 Å². The van der Waals surface area contributed by atoms with Gasteiger partial charge in [-0.1, -0.05) is 56.3 Å². The Morgan fingerprint density at radius 2 is 1.62 bits per heavy atom. The quantitative estimate of drug-likeness (QED) is 0.651. The van der Waals surface area contributed by atoms with Gasteiger partial charge in [0.1, 0.15) is 5.82 Å². The number of nitrogens with one attached hydrogen (secondary N) is 2. The predicted octanol–water partition coefficient (Wildman–Crippen LogP) is 5.13. The predicted molar refractivity (Wildman–Crippen MR) is 107 cm³/mol. The van der Waals surface area contributed by atoms with Crippen LogP contribution < -0.4 is 10.6 Å². The number of carbonyl (C=O) groups is 1. The van der Waals surface area contributed by atoms with Crippen LogP contribution in [0.1, 0.15) is 30.9 Å². The summed E-state index contributed by atoms with van der Waals surface area (Å²) in [4.78, 5) is 16.5. The first-order valence-corrected chi connectivity index (χ1v) is 8.77. The van der Waals surface area contributed by atoms with Crippen LogP contribution >= 0.6 is 0 Å². The molecular formula is C22H23N3O. The van der Waals surface area contributed by atoms with Crippen LogP contribution in [0.3, 0.4) is 0 Å². The molecule has 4 heteroatoms. The van der Waals surface area contributed by atoms with E-state index in [-0.39, 0.29) is 5.91 Å². The van der Waals surface area contributed by atoms with Crippen LogP contribution in [0.4, 0.5) is 17.2 Å². The molecule has 2 N–H and O–H groups in total. The number of hydrogen-bond donors (Lipinski definition) is 2. The van der Waals surface area contributed by atoms with Gasteiger partial charge in [0.05, 0.1) is 18.3 Å². The zero-order chi connectivity index (χ0) is 18.4. The van der Waals surface area contributed by atoms with Gasteiger partial charge in [0.2, 0.25) is 5.91 Å². The van der Waals surface area contributed by atoms with Crippen molar-refractivity contribution >= 4 is 23.1 Å². The summed E-state index contributed by atoms with van der Waals surface area (Å²) < 4.78 is 0. The van der Waals surface area contributed by atoms with Gasteiger partial charge in [0, 0.05) is 5.69 Å². The monoisotopic (exact) mass is 345 g/mol. The maximum absolute atomic E-state index is 12.1. The minimum absolute atomic E-state index is 0.0528. The Bertz CT molecular complexity index is 841. The summed E-state index contributed by atoms with van der Waals surface area (Å²) in [6.45, 7) is 4.35. The SMILES string of the molecule is CC(C)c1ccc(Nc2ccc(NC(=O)Cc3ccccc3)cn2)cc1. The molecule has 132 valence electrons. The van der Waals surface area contributed by atoms with Gasteiger partial charge in [0.15, 0.2) is 0 Å². The third kappa shape index (κ3) is 4.93. The van der Waals surface area contributed by atoms with E-state index in [2.05, 4.69) is 41.6 Å². The van der Waals surface area contributed by atoms with E-state index >= 15 is 0 Å². The molecule has 0 unspecified atom stereocenters. The van der Waals surface area contributed by atoms with Crippen LogP contribution in [-0.4, -0.2) is 10.9 Å². The highest BCUT2D eigenvalue weighted by Gasteiger charge is 2.05. The van der Waals surface area contributed by atoms with Crippen LogP contribution in [0.5, 0.6) is 0 Å². The molecule has 0 aliphatic carbocycles. The van der Waals surface area contributed by atoms with Crippen molar-refractivity contribution in [2.75, 3.05) is 10.6 Å². The van der Waals surface area contributed by atoms with Gasteiger partial charge in [0.25, 0.3) is 0 Å². The molecule has 4 nitrogen and oxygen atoms in total. The van der Waals surface area contributed by atoms with Crippen molar-refractivity contribution < 1.29 is 4.79 Å². The molecule has 2 aromatic carbocycles. The minimum Gasteiger partial charge on any atom is -0.340 e. The number of pyridine rings is 1. The van der Waals surface area contributed by atoms with E-state index in [4.69, 9.17) is 0 Å². The van der Waals surface area contributed by atoms with Crippen molar-refractivity contribution in [2.24, 2.45) is 0 Å². The lowest BCUT2D eigenvalue weighted by molar-refractivity contribution is -0.115. The van der Waals surface area contributed by atoms with E-state index in [1.165, 1.54) is 5.56 Å². The number of aromatic nitrogens is 1. The van der Waals surface area contributed by atoms with Crippen LogP contribution in [0.25, 0.3) is 0 Å². The van der Waals surface area contributed by atoms with Crippen molar-refractivity contribution in [3.63, 3.8) is 0 Å². The lowest BCUT2D eigenvalue weighted by Crippen LogP contribution is -2.14. The van der Waals surface area contributed by atoms with E-state index in [0.717, 1.165) is 17.1 Å². The Labute approximate surface area is 154 Å². The number of anilines is 3. The molecule has 3 aromatic rings. The van der Waals surface area contributed by atoms with Crippen molar-refractivity contribution in [3.05, 3.63) is 84.1 Å². The zero-order valence-electron chi connectivity index (χ0n) is 15.1. The summed E-state index contributed by atoms with van der Waals surface area (Å²) in [6.07, 6.45) is 2.01. The van der Waals surface area contributed by atoms with E-state index in [0.29, 0.717) is 18.0 Å². The number of nitrogens with zero attached hydrogens (tertiary/aromatic N) is 1. The average molecular weight is 345 g/mol. The third-order valence-corrected chi connectivity index (χ3v) is 4.10. The third-order valence-electron chi connectivity index (χ3n) is 4.10. The van der Waals surface area contributed by atoms with Crippen molar-refractivity contribution in [3.8, 4) is 0 Å². The molecule has 0 aliphatic rings. The molecule has 0 aliphatic heterocycles. The Kier molecular flexibility index (Phi) is 5.64. The number of amides is 1. The molecule has 3 rings (SSSR count). The number of hydrogen-bond acceptors (Lipinski definition) is 3. The van der Waals surface area contributed by atoms with Crippen LogP contribution in [0.2, 0.25) is 0 Å². The largest absolute Gasteiger partial charge is 0.340 e. The molecule has 0 radical (unpaired) electrons. The van der Waals surface area contributed by atoms with Crippen LogP contribution in [-0.2, 0) is 11.2 Å². The summed E-state index contributed by atoms with van der Waals surface area (Å²) in [5.41, 5.74) is 3.97. The minimum atomic E-state index is -0.0528. The molecule has 0 bridgehead atoms. The Morgan fingerprint density at radius 3 is 2.23 bits per heavy atom. The van der Waals surface area contributed by atoms with Gasteiger partial charge in [-0.25, -0.2) is 4.98 Å². The fourth-order valence-corrected chi connectivity index (χ4v) is 2.63. The van der Waals surface area contributed by atoms with Gasteiger partial charge in [-0.15, -0.1) is 0 Å². The summed E-state index contributed by atoms with van der Waals surface area (Å²) >= 11 is 0. The molecule has 0 spiro atoms. The van der Waals surface area contributed by atoms with E-state index in [1.807, 2.05) is 54.6 Å². The summed E-state index contributed by atoms with van der Waals surface area (Å²) in [5.74, 6) is 1.20. The number of benzene rings is 2. The molecule has 1 heterocycles. The Morgan fingerprint density at radius 1 is 0.923 bits per heavy atom. The highest BCUT2D eigenvalue weighted by Crippen LogP contribution is 2.20. The summed E-state index contributed by atoms with van der Waals surface area (Å²) in [7, 11) is 0. The fourth-order valence-electron chi connectivity index (χ4n) is 2.63. The summed E-state index contributed by atoms with van der Waals surface area (Å²) in [5, 5.41) is 6.14. The number of rotatable bonds is 6. The molecule has 0 saturated heterocycles. The first-order valence-electron chi connectivity index (χ1n) is 8.77. The molecular weight excluding hydrogens is 322 g/mol. The maximum atomic E-state index is 12.1. The van der Waals surface area contributed by atoms with Crippen molar-refractivity contribution in [1.82, 2.24) is 4.98 Å². The van der Waals surface area contributed by atoms with Crippen molar-refractivity contribution in [2.45, 2.75) is 26.2 Å². The average Bonchev–Trinajstić information content (AvgIpc) is 2.64. The van der Waals surface area contributed by atoms with Crippen LogP contribution in [0, 0.1) is 0 Å². The van der Waals surface area contributed by atoms with E-state index < -0.39 is 0 Å². The second-order valence-electron chi connectivity index (χ2n) is 6.54. The van der Waals surface area contributed by atoms with E-state index in [9.17, 15) is 4.79 Å². The molecule has 0 saturated carbocycles. The van der Waals surface area contributed by atoms with Gasteiger partial charge < -0.3 is 10.6 Å². The van der Waals surface area contributed by atoms with Gasteiger partial charge >= 0.3 is 0 Å². The zero-order valence-corrected chi connectivity index (χ0v) is 15.1. The normalized spacial score (nSPS) is 10.6. The topological polar surface area (TPSA) is 54.0 Å². The second-order valence-corrected chi connectivity index (χ2v) is 6.54.